The van der Waals surface area contributed by atoms with Crippen LogP contribution < -0.4 is 5.32 Å². The first-order valence-electron chi connectivity index (χ1n) is 9.13. The zero-order chi connectivity index (χ0) is 18.0. The van der Waals surface area contributed by atoms with Crippen LogP contribution in [0.1, 0.15) is 61.5 Å². The molecular weight excluding hydrogens is 336 g/mol. The quantitative estimate of drug-likeness (QED) is 0.850. The Bertz CT molecular complexity index is 719. The molecule has 0 unspecified atom stereocenters. The zero-order valence-electron chi connectivity index (χ0n) is 14.5. The van der Waals surface area contributed by atoms with Crippen molar-refractivity contribution in [2.24, 2.45) is 17.8 Å². The van der Waals surface area contributed by atoms with E-state index in [0.29, 0.717) is 29.3 Å². The fourth-order valence-electron chi connectivity index (χ4n) is 4.15. The average molecular weight is 360 g/mol. The van der Waals surface area contributed by atoms with Gasteiger partial charge in [0, 0.05) is 4.88 Å². The van der Waals surface area contributed by atoms with Gasteiger partial charge >= 0.3 is 5.97 Å². The van der Waals surface area contributed by atoms with E-state index >= 15 is 0 Å². The van der Waals surface area contributed by atoms with E-state index in [4.69, 9.17) is 0 Å². The van der Waals surface area contributed by atoms with Crippen molar-refractivity contribution in [3.05, 3.63) is 16.0 Å². The maximum absolute atomic E-state index is 12.7. The number of hydrogen-bond acceptors (Lipinski definition) is 4. The van der Waals surface area contributed by atoms with E-state index in [1.807, 2.05) is 0 Å². The first kappa shape index (κ1) is 17.9. The summed E-state index contributed by atoms with van der Waals surface area (Å²) < 4.78 is 0. The summed E-state index contributed by atoms with van der Waals surface area (Å²) in [6.45, 7) is 2.19. The first-order chi connectivity index (χ1) is 12.0. The lowest BCUT2D eigenvalue weighted by atomic mass is 9.78. The number of carboxylic acids is 1. The second-order valence-corrected chi connectivity index (χ2v) is 8.27. The first-order valence-corrected chi connectivity index (χ1v) is 9.95. The normalized spacial score (nSPS) is 25.7. The molecule has 0 aromatic carbocycles. The minimum absolute atomic E-state index is 0.241. The van der Waals surface area contributed by atoms with Gasteiger partial charge in [0.2, 0.25) is 5.91 Å². The molecule has 1 aromatic heterocycles. The van der Waals surface area contributed by atoms with Crippen LogP contribution in [0.15, 0.2) is 0 Å². The number of nitrogens with zero attached hydrogens (tertiary/aromatic N) is 1. The number of carbonyl (C=O) groups is 2. The second-order valence-electron chi connectivity index (χ2n) is 7.16. The van der Waals surface area contributed by atoms with Crippen molar-refractivity contribution in [3.8, 4) is 6.07 Å². The molecule has 6 heteroatoms. The van der Waals surface area contributed by atoms with Crippen molar-refractivity contribution in [1.82, 2.24) is 0 Å². The summed E-state index contributed by atoms with van der Waals surface area (Å²) in [5, 5.41) is 22.5. The van der Waals surface area contributed by atoms with E-state index < -0.39 is 17.8 Å². The Hall–Kier alpha value is -1.87. The van der Waals surface area contributed by atoms with Crippen LogP contribution in [0.5, 0.6) is 0 Å². The number of carboxylic acid groups (broad SMARTS) is 1. The van der Waals surface area contributed by atoms with Gasteiger partial charge in [-0.25, -0.2) is 0 Å². The van der Waals surface area contributed by atoms with Crippen molar-refractivity contribution >= 4 is 28.2 Å². The Labute approximate surface area is 152 Å². The molecule has 2 N–H and O–H groups in total. The lowest BCUT2D eigenvalue weighted by molar-refractivity contribution is -0.147. The number of amides is 1. The molecule has 0 spiro atoms. The molecule has 3 rings (SSSR count). The minimum Gasteiger partial charge on any atom is -0.481 e. The molecule has 1 amide bonds. The number of hydrogen-bond donors (Lipinski definition) is 2. The van der Waals surface area contributed by atoms with E-state index in [-0.39, 0.29) is 5.91 Å². The van der Waals surface area contributed by atoms with Crippen molar-refractivity contribution < 1.29 is 14.7 Å². The van der Waals surface area contributed by atoms with Gasteiger partial charge in [-0.1, -0.05) is 26.2 Å². The van der Waals surface area contributed by atoms with Crippen molar-refractivity contribution in [3.63, 3.8) is 0 Å². The molecule has 2 aliphatic rings. The second kappa shape index (κ2) is 7.57. The highest BCUT2D eigenvalue weighted by Crippen LogP contribution is 2.41. The van der Waals surface area contributed by atoms with Gasteiger partial charge in [-0.05, 0) is 43.6 Å². The van der Waals surface area contributed by atoms with Gasteiger partial charge in [-0.3, -0.25) is 9.59 Å². The smallest absolute Gasteiger partial charge is 0.307 e. The predicted octanol–water partition coefficient (Wildman–Crippen LogP) is 3.96. The number of nitrogens with one attached hydrogen (secondary N) is 1. The average Bonchev–Trinajstić information content (AvgIpc) is 2.97. The maximum Gasteiger partial charge on any atom is 0.307 e. The van der Waals surface area contributed by atoms with E-state index in [1.54, 1.807) is 0 Å². The fraction of sp³-hybridized carbons (Fsp3) is 0.632. The van der Waals surface area contributed by atoms with Crippen LogP contribution in [0, 0.1) is 29.1 Å². The number of anilines is 1. The van der Waals surface area contributed by atoms with E-state index in [9.17, 15) is 20.0 Å². The fourth-order valence-corrected chi connectivity index (χ4v) is 5.47. The molecule has 1 saturated carbocycles. The summed E-state index contributed by atoms with van der Waals surface area (Å²) >= 11 is 1.51. The van der Waals surface area contributed by atoms with Gasteiger partial charge in [0.05, 0.1) is 17.4 Å². The van der Waals surface area contributed by atoms with Crippen LogP contribution in [0.25, 0.3) is 0 Å². The zero-order valence-corrected chi connectivity index (χ0v) is 15.3. The lowest BCUT2D eigenvalue weighted by Crippen LogP contribution is -2.36. The van der Waals surface area contributed by atoms with E-state index in [1.165, 1.54) is 16.2 Å². The number of rotatable bonds is 4. The SMILES string of the molecule is CC[C@@H]1CCc2c(sc(NC(=O)[C@@H]3CCCC[C@H]3C(=O)O)c2C#N)C1. The van der Waals surface area contributed by atoms with E-state index in [2.05, 4.69) is 18.3 Å². The van der Waals surface area contributed by atoms with E-state index in [0.717, 1.165) is 44.1 Å². The highest BCUT2D eigenvalue weighted by Gasteiger charge is 2.36. The molecule has 25 heavy (non-hydrogen) atoms. The number of nitriles is 1. The maximum atomic E-state index is 12.7. The molecule has 5 nitrogen and oxygen atoms in total. The van der Waals surface area contributed by atoms with Crippen LogP contribution in [-0.2, 0) is 22.4 Å². The number of aliphatic carboxylic acids is 1. The molecule has 2 aliphatic carbocycles. The van der Waals surface area contributed by atoms with Crippen molar-refractivity contribution in [2.75, 3.05) is 5.32 Å². The number of thiophene rings is 1. The highest BCUT2D eigenvalue weighted by atomic mass is 32.1. The summed E-state index contributed by atoms with van der Waals surface area (Å²) in [5.41, 5.74) is 1.68. The summed E-state index contributed by atoms with van der Waals surface area (Å²) in [6, 6.07) is 2.26. The molecule has 0 saturated heterocycles. The minimum atomic E-state index is -0.892. The lowest BCUT2D eigenvalue weighted by Gasteiger charge is -2.27. The topological polar surface area (TPSA) is 90.2 Å². The van der Waals surface area contributed by atoms with Crippen LogP contribution in [0.3, 0.4) is 0 Å². The van der Waals surface area contributed by atoms with Gasteiger partial charge < -0.3 is 10.4 Å². The third-order valence-electron chi connectivity index (χ3n) is 5.71. The molecule has 3 atom stereocenters. The molecule has 0 bridgehead atoms. The van der Waals surface area contributed by atoms with Gasteiger partial charge in [-0.2, -0.15) is 5.26 Å². The third kappa shape index (κ3) is 3.57. The van der Waals surface area contributed by atoms with Gasteiger partial charge in [0.15, 0.2) is 0 Å². The molecule has 1 heterocycles. The Morgan fingerprint density at radius 3 is 2.64 bits per heavy atom. The predicted molar refractivity (Wildman–Crippen MR) is 96.6 cm³/mol. The molecule has 134 valence electrons. The Kier molecular flexibility index (Phi) is 5.43. The largest absolute Gasteiger partial charge is 0.481 e. The standard InChI is InChI=1S/C19H24N2O3S/c1-2-11-7-8-12-15(10-20)18(25-16(12)9-11)21-17(22)13-5-3-4-6-14(13)19(23)24/h11,13-14H,2-9H2,1H3,(H,21,22)(H,23,24)/t11-,13-,14-/m1/s1. The van der Waals surface area contributed by atoms with Crippen LogP contribution >= 0.6 is 11.3 Å². The van der Waals surface area contributed by atoms with Crippen molar-refractivity contribution in [2.45, 2.75) is 58.3 Å². The highest BCUT2D eigenvalue weighted by molar-refractivity contribution is 7.16. The Morgan fingerprint density at radius 1 is 1.28 bits per heavy atom. The van der Waals surface area contributed by atoms with Gasteiger partial charge in [0.25, 0.3) is 0 Å². The summed E-state index contributed by atoms with van der Waals surface area (Å²) in [5.74, 6) is -1.60. The van der Waals surface area contributed by atoms with Crippen LogP contribution in [0.4, 0.5) is 5.00 Å². The van der Waals surface area contributed by atoms with Crippen LogP contribution in [0.2, 0.25) is 0 Å². The third-order valence-corrected chi connectivity index (χ3v) is 6.88. The van der Waals surface area contributed by atoms with Crippen molar-refractivity contribution in [1.29, 1.82) is 5.26 Å². The Morgan fingerprint density at radius 2 is 2.00 bits per heavy atom. The van der Waals surface area contributed by atoms with Crippen LogP contribution in [-0.4, -0.2) is 17.0 Å². The summed E-state index contributed by atoms with van der Waals surface area (Å²) in [4.78, 5) is 25.4. The van der Waals surface area contributed by atoms with Gasteiger partial charge in [-0.15, -0.1) is 11.3 Å². The molecule has 0 radical (unpaired) electrons. The molecule has 0 aliphatic heterocycles. The summed E-state index contributed by atoms with van der Waals surface area (Å²) in [6.07, 6.45) is 6.98. The molecular formula is C19H24N2O3S. The monoisotopic (exact) mass is 360 g/mol. The number of fused-ring (bicyclic) bond motifs is 1. The Balaban J connectivity index is 1.81. The van der Waals surface area contributed by atoms with Gasteiger partial charge in [0.1, 0.15) is 11.1 Å². The summed E-state index contributed by atoms with van der Waals surface area (Å²) in [7, 11) is 0. The molecule has 1 aromatic rings. The molecule has 1 fully saturated rings. The number of carbonyl (C=O) groups excluding carboxylic acids is 1.